The van der Waals surface area contributed by atoms with Gasteiger partial charge in [0.1, 0.15) is 17.4 Å². The van der Waals surface area contributed by atoms with Crippen LogP contribution in [-0.4, -0.2) is 22.3 Å². The first-order valence-electron chi connectivity index (χ1n) is 8.00. The van der Waals surface area contributed by atoms with Gasteiger partial charge < -0.3 is 9.72 Å². The fraction of sp³-hybridized carbons (Fsp3) is 0.389. The third-order valence-corrected chi connectivity index (χ3v) is 4.51. The molecule has 0 fully saturated rings. The second kappa shape index (κ2) is 9.14. The SMILES string of the molecule is CCc1nc(SCCCCOc2ccccc2C)[nH]c(=O)c1C#N. The highest BCUT2D eigenvalue weighted by Crippen LogP contribution is 2.18. The number of rotatable bonds is 8. The van der Waals surface area contributed by atoms with Crippen LogP contribution in [0.1, 0.15) is 36.6 Å². The van der Waals surface area contributed by atoms with Crippen molar-refractivity contribution in [3.05, 3.63) is 51.4 Å². The van der Waals surface area contributed by atoms with Crippen molar-refractivity contribution in [3.8, 4) is 11.8 Å². The van der Waals surface area contributed by atoms with Crippen LogP contribution in [0.15, 0.2) is 34.2 Å². The average molecular weight is 343 g/mol. The molecule has 1 heterocycles. The monoisotopic (exact) mass is 343 g/mol. The maximum atomic E-state index is 11.8. The van der Waals surface area contributed by atoms with Gasteiger partial charge in [-0.3, -0.25) is 4.79 Å². The van der Waals surface area contributed by atoms with Gasteiger partial charge in [-0.15, -0.1) is 0 Å². The number of benzene rings is 1. The molecule has 0 aliphatic carbocycles. The largest absolute Gasteiger partial charge is 0.493 e. The number of nitrogens with zero attached hydrogens (tertiary/aromatic N) is 2. The molecule has 5 nitrogen and oxygen atoms in total. The lowest BCUT2D eigenvalue weighted by Gasteiger charge is -2.08. The maximum Gasteiger partial charge on any atom is 0.269 e. The molecule has 0 atom stereocenters. The van der Waals surface area contributed by atoms with Gasteiger partial charge in [-0.05, 0) is 37.8 Å². The Labute approximate surface area is 146 Å². The van der Waals surface area contributed by atoms with Gasteiger partial charge in [-0.25, -0.2) is 4.98 Å². The van der Waals surface area contributed by atoms with Crippen LogP contribution in [-0.2, 0) is 6.42 Å². The lowest BCUT2D eigenvalue weighted by molar-refractivity contribution is 0.308. The first kappa shape index (κ1) is 18.1. The van der Waals surface area contributed by atoms with E-state index in [1.807, 2.05) is 44.2 Å². The Balaban J connectivity index is 1.77. The summed E-state index contributed by atoms with van der Waals surface area (Å²) < 4.78 is 5.76. The summed E-state index contributed by atoms with van der Waals surface area (Å²) in [6.45, 7) is 4.59. The third kappa shape index (κ3) is 4.87. The Kier molecular flexibility index (Phi) is 6.89. The number of ether oxygens (including phenoxy) is 1. The van der Waals surface area contributed by atoms with Gasteiger partial charge in [0.05, 0.1) is 12.3 Å². The van der Waals surface area contributed by atoms with E-state index >= 15 is 0 Å². The highest BCUT2D eigenvalue weighted by molar-refractivity contribution is 7.99. The van der Waals surface area contributed by atoms with Crippen LogP contribution in [0.4, 0.5) is 0 Å². The molecule has 0 bridgehead atoms. The highest BCUT2D eigenvalue weighted by Gasteiger charge is 2.09. The van der Waals surface area contributed by atoms with Gasteiger partial charge in [0.15, 0.2) is 5.16 Å². The zero-order valence-electron chi connectivity index (χ0n) is 14.0. The standard InChI is InChI=1S/C18H21N3O2S/c1-3-15-14(12-19)17(22)21-18(20-15)24-11-7-6-10-23-16-9-5-4-8-13(16)2/h4-5,8-9H,3,6-7,10-11H2,1-2H3,(H,20,21,22). The molecule has 2 aromatic rings. The molecule has 0 saturated heterocycles. The second-order valence-corrected chi connectivity index (χ2v) is 6.41. The van der Waals surface area contributed by atoms with Gasteiger partial charge in [0.25, 0.3) is 5.56 Å². The molecule has 24 heavy (non-hydrogen) atoms. The summed E-state index contributed by atoms with van der Waals surface area (Å²) in [6.07, 6.45) is 2.47. The molecular formula is C18H21N3O2S. The number of unbranched alkanes of at least 4 members (excludes halogenated alkanes) is 1. The highest BCUT2D eigenvalue weighted by atomic mass is 32.2. The molecule has 1 N–H and O–H groups in total. The van der Waals surface area contributed by atoms with Crippen molar-refractivity contribution in [2.45, 2.75) is 38.3 Å². The number of aromatic amines is 1. The van der Waals surface area contributed by atoms with E-state index < -0.39 is 0 Å². The van der Waals surface area contributed by atoms with Crippen molar-refractivity contribution < 1.29 is 4.74 Å². The van der Waals surface area contributed by atoms with Crippen molar-refractivity contribution in [3.63, 3.8) is 0 Å². The molecular weight excluding hydrogens is 322 g/mol. The predicted octanol–water partition coefficient (Wildman–Crippen LogP) is 3.46. The van der Waals surface area contributed by atoms with Crippen LogP contribution < -0.4 is 10.3 Å². The van der Waals surface area contributed by atoms with Crippen LogP contribution in [0.5, 0.6) is 5.75 Å². The first-order chi connectivity index (χ1) is 11.7. The summed E-state index contributed by atoms with van der Waals surface area (Å²) in [4.78, 5) is 18.8. The lowest BCUT2D eigenvalue weighted by atomic mass is 10.2. The van der Waals surface area contributed by atoms with E-state index in [9.17, 15) is 4.79 Å². The van der Waals surface area contributed by atoms with E-state index in [-0.39, 0.29) is 11.1 Å². The Morgan fingerprint density at radius 3 is 2.83 bits per heavy atom. The van der Waals surface area contributed by atoms with Gasteiger partial charge in [0.2, 0.25) is 0 Å². The predicted molar refractivity (Wildman–Crippen MR) is 95.6 cm³/mol. The van der Waals surface area contributed by atoms with E-state index in [0.717, 1.165) is 29.9 Å². The molecule has 126 valence electrons. The van der Waals surface area contributed by atoms with Crippen LogP contribution in [0, 0.1) is 18.3 Å². The molecule has 0 aliphatic rings. The smallest absolute Gasteiger partial charge is 0.269 e. The number of thioether (sulfide) groups is 1. The molecule has 0 saturated carbocycles. The summed E-state index contributed by atoms with van der Waals surface area (Å²) in [5.41, 5.74) is 1.47. The van der Waals surface area contributed by atoms with Gasteiger partial charge in [-0.1, -0.05) is 36.9 Å². The topological polar surface area (TPSA) is 78.8 Å². The quantitative estimate of drug-likeness (QED) is 0.451. The van der Waals surface area contributed by atoms with E-state index in [1.54, 1.807) is 0 Å². The van der Waals surface area contributed by atoms with Crippen LogP contribution in [0.25, 0.3) is 0 Å². The van der Waals surface area contributed by atoms with Crippen molar-refractivity contribution >= 4 is 11.8 Å². The minimum Gasteiger partial charge on any atom is -0.493 e. The van der Waals surface area contributed by atoms with Crippen molar-refractivity contribution in [2.24, 2.45) is 0 Å². The van der Waals surface area contributed by atoms with Gasteiger partial charge in [-0.2, -0.15) is 5.26 Å². The minimum absolute atomic E-state index is 0.119. The first-order valence-corrected chi connectivity index (χ1v) is 8.98. The van der Waals surface area contributed by atoms with Crippen molar-refractivity contribution in [2.75, 3.05) is 12.4 Å². The summed E-state index contributed by atoms with van der Waals surface area (Å²) in [5, 5.41) is 9.56. The fourth-order valence-corrected chi connectivity index (χ4v) is 3.09. The number of nitrogens with one attached hydrogen (secondary N) is 1. The summed E-state index contributed by atoms with van der Waals surface area (Å²) >= 11 is 1.50. The zero-order chi connectivity index (χ0) is 17.4. The molecule has 6 heteroatoms. The summed E-state index contributed by atoms with van der Waals surface area (Å²) in [7, 11) is 0. The Hall–Kier alpha value is -2.26. The maximum absolute atomic E-state index is 11.8. The zero-order valence-corrected chi connectivity index (χ0v) is 14.8. The third-order valence-electron chi connectivity index (χ3n) is 3.55. The van der Waals surface area contributed by atoms with Crippen molar-refractivity contribution in [1.29, 1.82) is 5.26 Å². The molecule has 1 aromatic heterocycles. The Morgan fingerprint density at radius 2 is 2.12 bits per heavy atom. The fourth-order valence-electron chi connectivity index (χ4n) is 2.21. The van der Waals surface area contributed by atoms with Crippen molar-refractivity contribution in [1.82, 2.24) is 9.97 Å². The van der Waals surface area contributed by atoms with Gasteiger partial charge >= 0.3 is 0 Å². The van der Waals surface area contributed by atoms with Crippen LogP contribution in [0.2, 0.25) is 0 Å². The number of aromatic nitrogens is 2. The summed E-state index contributed by atoms with van der Waals surface area (Å²) in [5.74, 6) is 1.77. The van der Waals surface area contributed by atoms with E-state index in [0.29, 0.717) is 23.9 Å². The number of hydrogen-bond acceptors (Lipinski definition) is 5. The number of para-hydroxylation sites is 1. The van der Waals surface area contributed by atoms with E-state index in [2.05, 4.69) is 9.97 Å². The van der Waals surface area contributed by atoms with Crippen LogP contribution >= 0.6 is 11.8 Å². The molecule has 0 amide bonds. The number of H-pyrrole nitrogens is 1. The molecule has 1 aromatic carbocycles. The molecule has 2 rings (SSSR count). The molecule has 0 unspecified atom stereocenters. The molecule has 0 aliphatic heterocycles. The normalized spacial score (nSPS) is 10.4. The average Bonchev–Trinajstić information content (AvgIpc) is 2.58. The van der Waals surface area contributed by atoms with Gasteiger partial charge in [0, 0.05) is 5.75 Å². The lowest BCUT2D eigenvalue weighted by Crippen LogP contribution is -2.16. The van der Waals surface area contributed by atoms with E-state index in [4.69, 9.17) is 10.00 Å². The van der Waals surface area contributed by atoms with Crippen LogP contribution in [0.3, 0.4) is 0 Å². The van der Waals surface area contributed by atoms with E-state index in [1.165, 1.54) is 11.8 Å². The minimum atomic E-state index is -0.352. The molecule has 0 spiro atoms. The summed E-state index contributed by atoms with van der Waals surface area (Å²) in [6, 6.07) is 9.88. The molecule has 0 radical (unpaired) electrons. The number of hydrogen-bond donors (Lipinski definition) is 1. The second-order valence-electron chi connectivity index (χ2n) is 5.33. The number of aryl methyl sites for hydroxylation is 2. The Bertz CT molecular complexity index is 781. The Morgan fingerprint density at radius 1 is 1.33 bits per heavy atom. The number of nitriles is 1.